The number of hydrogen-bond acceptors (Lipinski definition) is 4. The molecule has 0 spiro atoms. The summed E-state index contributed by atoms with van der Waals surface area (Å²) in [5.41, 5.74) is -0.704. The van der Waals surface area contributed by atoms with Crippen LogP contribution in [-0.2, 0) is 18.3 Å². The van der Waals surface area contributed by atoms with Crippen LogP contribution in [0, 0.1) is 0 Å². The van der Waals surface area contributed by atoms with E-state index in [0.717, 1.165) is 23.7 Å². The number of hydrogen-bond donors (Lipinski definition) is 1. The van der Waals surface area contributed by atoms with Crippen LogP contribution in [0.15, 0.2) is 36.5 Å². The Morgan fingerprint density at radius 3 is 2.52 bits per heavy atom. The molecule has 1 aliphatic rings. The highest BCUT2D eigenvalue weighted by Crippen LogP contribution is 2.36. The van der Waals surface area contributed by atoms with Gasteiger partial charge in [-0.25, -0.2) is 9.97 Å². The molecule has 0 unspecified atom stereocenters. The van der Waals surface area contributed by atoms with Crippen LogP contribution in [0.4, 0.5) is 13.2 Å². The Bertz CT molecular complexity index is 784. The summed E-state index contributed by atoms with van der Waals surface area (Å²) in [6.07, 6.45) is -1.89. The molecule has 146 valence electrons. The summed E-state index contributed by atoms with van der Waals surface area (Å²) in [6.45, 7) is 5.90. The van der Waals surface area contributed by atoms with Crippen molar-refractivity contribution in [2.24, 2.45) is 0 Å². The van der Waals surface area contributed by atoms with Gasteiger partial charge in [0.15, 0.2) is 0 Å². The quantitative estimate of drug-likeness (QED) is 0.869. The van der Waals surface area contributed by atoms with Gasteiger partial charge in [0, 0.05) is 31.7 Å². The zero-order valence-corrected chi connectivity index (χ0v) is 15.5. The first-order valence-corrected chi connectivity index (χ1v) is 9.12. The zero-order chi connectivity index (χ0) is 19.7. The summed E-state index contributed by atoms with van der Waals surface area (Å²) in [5.74, 6) is 1.04. The highest BCUT2D eigenvalue weighted by Gasteiger charge is 2.37. The molecule has 1 aromatic carbocycles. The minimum Gasteiger partial charge on any atom is -0.385 e. The Morgan fingerprint density at radius 2 is 1.89 bits per heavy atom. The first-order chi connectivity index (χ1) is 12.7. The zero-order valence-electron chi connectivity index (χ0n) is 15.5. The lowest BCUT2D eigenvalue weighted by Gasteiger charge is -2.38. The van der Waals surface area contributed by atoms with E-state index in [9.17, 15) is 18.3 Å². The second-order valence-corrected chi connectivity index (χ2v) is 7.45. The number of alkyl halides is 3. The minimum absolute atomic E-state index is 0.248. The number of aromatic nitrogens is 2. The van der Waals surface area contributed by atoms with Gasteiger partial charge in [0.2, 0.25) is 0 Å². The summed E-state index contributed by atoms with van der Waals surface area (Å²) in [7, 11) is 0. The highest BCUT2D eigenvalue weighted by molar-refractivity contribution is 5.30. The summed E-state index contributed by atoms with van der Waals surface area (Å²) in [6, 6.07) is 6.90. The molecule has 2 heterocycles. The number of aliphatic hydroxyl groups is 1. The predicted molar refractivity (Wildman–Crippen MR) is 96.0 cm³/mol. The number of piperidine rings is 1. The number of benzene rings is 1. The molecule has 27 heavy (non-hydrogen) atoms. The van der Waals surface area contributed by atoms with E-state index in [4.69, 9.17) is 0 Å². The van der Waals surface area contributed by atoms with E-state index >= 15 is 0 Å². The fraction of sp³-hybridized carbons (Fsp3) is 0.500. The Labute approximate surface area is 157 Å². The topological polar surface area (TPSA) is 49.2 Å². The molecule has 7 heteroatoms. The molecule has 0 aliphatic carbocycles. The van der Waals surface area contributed by atoms with Crippen LogP contribution in [0.3, 0.4) is 0 Å². The average molecular weight is 379 g/mol. The fourth-order valence-electron chi connectivity index (χ4n) is 3.36. The molecule has 1 aliphatic heterocycles. The van der Waals surface area contributed by atoms with E-state index in [1.165, 1.54) is 6.07 Å². The van der Waals surface area contributed by atoms with Crippen molar-refractivity contribution >= 4 is 0 Å². The van der Waals surface area contributed by atoms with Crippen molar-refractivity contribution in [1.29, 1.82) is 0 Å². The van der Waals surface area contributed by atoms with Crippen molar-refractivity contribution in [1.82, 2.24) is 14.9 Å². The van der Waals surface area contributed by atoms with Crippen LogP contribution < -0.4 is 0 Å². The van der Waals surface area contributed by atoms with Gasteiger partial charge in [-0.1, -0.05) is 26.0 Å². The molecular formula is C20H24F3N3O. The van der Waals surface area contributed by atoms with Crippen LogP contribution in [0.25, 0.3) is 0 Å². The molecule has 0 amide bonds. The number of nitrogens with zero attached hydrogens (tertiary/aromatic N) is 3. The predicted octanol–water partition coefficient (Wildman–Crippen LogP) is 4.10. The lowest BCUT2D eigenvalue weighted by Crippen LogP contribution is -2.42. The third-order valence-corrected chi connectivity index (χ3v) is 5.04. The van der Waals surface area contributed by atoms with Crippen LogP contribution in [0.2, 0.25) is 0 Å². The van der Waals surface area contributed by atoms with E-state index in [1.807, 2.05) is 19.9 Å². The molecule has 0 atom stereocenters. The maximum absolute atomic E-state index is 13.0. The van der Waals surface area contributed by atoms with E-state index in [1.54, 1.807) is 12.3 Å². The van der Waals surface area contributed by atoms with Gasteiger partial charge in [0.1, 0.15) is 5.82 Å². The lowest BCUT2D eigenvalue weighted by molar-refractivity contribution is -0.137. The van der Waals surface area contributed by atoms with Crippen molar-refractivity contribution in [2.45, 2.75) is 50.9 Å². The first-order valence-electron chi connectivity index (χ1n) is 9.12. The van der Waals surface area contributed by atoms with Gasteiger partial charge < -0.3 is 5.11 Å². The van der Waals surface area contributed by atoms with Gasteiger partial charge in [-0.15, -0.1) is 0 Å². The SMILES string of the molecule is CC(C)c1nccc(CN2CCC(O)(c3cccc(C(F)(F)F)c3)CC2)n1. The maximum atomic E-state index is 13.0. The lowest BCUT2D eigenvalue weighted by atomic mass is 9.83. The Morgan fingerprint density at radius 1 is 1.19 bits per heavy atom. The first kappa shape index (κ1) is 19.8. The van der Waals surface area contributed by atoms with Crippen molar-refractivity contribution < 1.29 is 18.3 Å². The summed E-state index contributed by atoms with van der Waals surface area (Å²) in [5, 5.41) is 10.9. The Balaban J connectivity index is 1.67. The minimum atomic E-state index is -4.41. The molecule has 3 rings (SSSR count). The van der Waals surface area contributed by atoms with Gasteiger partial charge in [0.25, 0.3) is 0 Å². The monoisotopic (exact) mass is 379 g/mol. The van der Waals surface area contributed by atoms with Gasteiger partial charge in [-0.2, -0.15) is 13.2 Å². The number of halogens is 3. The van der Waals surface area contributed by atoms with Crippen LogP contribution in [-0.4, -0.2) is 33.1 Å². The van der Waals surface area contributed by atoms with E-state index < -0.39 is 17.3 Å². The molecular weight excluding hydrogens is 355 g/mol. The third kappa shape index (κ3) is 4.65. The standard InChI is InChI=1S/C20H24F3N3O/c1-14(2)18-24-9-6-17(25-18)13-26-10-7-19(27,8-11-26)15-4-3-5-16(12-15)20(21,22)23/h3-6,9,12,14,27H,7-8,10-11,13H2,1-2H3. The van der Waals surface area contributed by atoms with Gasteiger partial charge in [-0.05, 0) is 36.6 Å². The van der Waals surface area contributed by atoms with Gasteiger partial charge in [0.05, 0.1) is 16.9 Å². The van der Waals surface area contributed by atoms with E-state index in [-0.39, 0.29) is 5.92 Å². The third-order valence-electron chi connectivity index (χ3n) is 5.04. The van der Waals surface area contributed by atoms with E-state index in [0.29, 0.717) is 38.0 Å². The average Bonchev–Trinajstić information content (AvgIpc) is 2.63. The van der Waals surface area contributed by atoms with Crippen LogP contribution in [0.1, 0.15) is 55.3 Å². The highest BCUT2D eigenvalue weighted by atomic mass is 19.4. The largest absolute Gasteiger partial charge is 0.416 e. The van der Waals surface area contributed by atoms with Gasteiger partial charge >= 0.3 is 6.18 Å². The summed E-state index contributed by atoms with van der Waals surface area (Å²) < 4.78 is 38.9. The second-order valence-electron chi connectivity index (χ2n) is 7.45. The van der Waals surface area contributed by atoms with Gasteiger partial charge in [-0.3, -0.25) is 4.90 Å². The molecule has 1 aromatic heterocycles. The molecule has 1 fully saturated rings. The van der Waals surface area contributed by atoms with Crippen LogP contribution >= 0.6 is 0 Å². The normalized spacial score (nSPS) is 18.0. The Kier molecular flexibility index (Phi) is 5.53. The molecule has 2 aromatic rings. The number of likely N-dealkylation sites (tertiary alicyclic amines) is 1. The number of rotatable bonds is 4. The van der Waals surface area contributed by atoms with Crippen molar-refractivity contribution in [2.75, 3.05) is 13.1 Å². The van der Waals surface area contributed by atoms with Crippen molar-refractivity contribution in [3.05, 3.63) is 59.2 Å². The smallest absolute Gasteiger partial charge is 0.385 e. The maximum Gasteiger partial charge on any atom is 0.416 e. The Hall–Kier alpha value is -1.99. The van der Waals surface area contributed by atoms with Crippen molar-refractivity contribution in [3.63, 3.8) is 0 Å². The fourth-order valence-corrected chi connectivity index (χ4v) is 3.36. The molecule has 0 saturated carbocycles. The molecule has 1 N–H and O–H groups in total. The molecule has 1 saturated heterocycles. The van der Waals surface area contributed by atoms with E-state index in [2.05, 4.69) is 14.9 Å². The van der Waals surface area contributed by atoms with Crippen molar-refractivity contribution in [3.8, 4) is 0 Å². The molecule has 0 radical (unpaired) electrons. The molecule has 0 bridgehead atoms. The second kappa shape index (κ2) is 7.56. The van der Waals surface area contributed by atoms with Crippen LogP contribution in [0.5, 0.6) is 0 Å². The molecule has 4 nitrogen and oxygen atoms in total. The summed E-state index contributed by atoms with van der Waals surface area (Å²) >= 11 is 0. The summed E-state index contributed by atoms with van der Waals surface area (Å²) in [4.78, 5) is 11.0.